The van der Waals surface area contributed by atoms with Gasteiger partial charge >= 0.3 is 5.97 Å². The summed E-state index contributed by atoms with van der Waals surface area (Å²) in [6.07, 6.45) is 1.50. The van der Waals surface area contributed by atoms with E-state index in [2.05, 4.69) is 4.98 Å². The highest BCUT2D eigenvalue weighted by atomic mass is 19.1. The van der Waals surface area contributed by atoms with Crippen molar-refractivity contribution in [3.05, 3.63) is 54.5 Å². The number of nitrogen functional groups attached to an aromatic ring is 1. The highest BCUT2D eigenvalue weighted by Gasteiger charge is 2.15. The number of carbonyl (C=O) groups is 1. The van der Waals surface area contributed by atoms with Crippen LogP contribution in [0.15, 0.2) is 48.7 Å². The first kappa shape index (κ1) is 20.1. The number of carbonyl (C=O) groups excluding carboxylic acids is 1. The molecule has 0 spiro atoms. The molecule has 2 aromatic carbocycles. The quantitative estimate of drug-likeness (QED) is 0.283. The first-order valence-corrected chi connectivity index (χ1v) is 8.42. The lowest BCUT2D eigenvalue weighted by Gasteiger charge is -2.13. The number of rotatable bonds is 6. The lowest BCUT2D eigenvalue weighted by molar-refractivity contribution is -0.137. The number of nitrogens with two attached hydrogens (primary N) is 1. The van der Waals surface area contributed by atoms with E-state index in [0.717, 1.165) is 6.07 Å². The van der Waals surface area contributed by atoms with Gasteiger partial charge in [0.2, 0.25) is 0 Å². The van der Waals surface area contributed by atoms with E-state index in [4.69, 9.17) is 25.5 Å². The van der Waals surface area contributed by atoms with Crippen LogP contribution in [0.5, 0.6) is 11.5 Å². The summed E-state index contributed by atoms with van der Waals surface area (Å²) in [6.45, 7) is -0.779. The average molecular weight is 399 g/mol. The van der Waals surface area contributed by atoms with Gasteiger partial charge in [-0.25, -0.2) is 14.2 Å². The number of benzene rings is 2. The second kappa shape index (κ2) is 8.55. The third kappa shape index (κ3) is 4.26. The van der Waals surface area contributed by atoms with E-state index in [1.165, 1.54) is 25.4 Å². The molecule has 0 atom stereocenters. The summed E-state index contributed by atoms with van der Waals surface area (Å²) < 4.78 is 24.7. The van der Waals surface area contributed by atoms with Gasteiger partial charge in [-0.15, -0.1) is 0 Å². The van der Waals surface area contributed by atoms with Crippen molar-refractivity contribution in [3.8, 4) is 33.8 Å². The highest BCUT2D eigenvalue weighted by molar-refractivity contribution is 5.81. The maximum absolute atomic E-state index is 14.5. The van der Waals surface area contributed by atoms with Gasteiger partial charge in [-0.3, -0.25) is 10.7 Å². The molecule has 0 bridgehead atoms. The van der Waals surface area contributed by atoms with Gasteiger partial charge in [0.05, 0.1) is 12.8 Å². The Balaban J connectivity index is 2.06. The third-order valence-corrected chi connectivity index (χ3v) is 4.16. The van der Waals surface area contributed by atoms with Crippen LogP contribution in [-0.2, 0) is 4.79 Å². The van der Waals surface area contributed by atoms with Gasteiger partial charge < -0.3 is 20.3 Å². The number of aliphatic hydroxyl groups excluding tert-OH is 1. The Hall–Kier alpha value is -3.69. The summed E-state index contributed by atoms with van der Waals surface area (Å²) in [5.41, 5.74) is 9.76. The van der Waals surface area contributed by atoms with Gasteiger partial charge in [-0.2, -0.15) is 0 Å². The van der Waals surface area contributed by atoms with Crippen molar-refractivity contribution in [1.82, 2.24) is 4.98 Å². The van der Waals surface area contributed by atoms with Crippen molar-refractivity contribution in [2.24, 2.45) is 0 Å². The second-order valence-corrected chi connectivity index (χ2v) is 5.96. The molecule has 0 radical (unpaired) electrons. The summed E-state index contributed by atoms with van der Waals surface area (Å²) in [5, 5.41) is 17.8. The number of ether oxygens (including phenoxy) is 2. The Labute approximate surface area is 165 Å². The van der Waals surface area contributed by atoms with E-state index in [-0.39, 0.29) is 22.8 Å². The molecule has 0 unspecified atom stereocenters. The molecular formula is C20H18FN3O5. The van der Waals surface area contributed by atoms with Crippen molar-refractivity contribution >= 4 is 17.5 Å². The highest BCUT2D eigenvalue weighted by Crippen LogP contribution is 2.36. The number of nitrogens with zero attached hydrogens (tertiary/aromatic N) is 1. The molecule has 1 aromatic heterocycles. The molecule has 3 aromatic rings. The minimum absolute atomic E-state index is 0.118. The van der Waals surface area contributed by atoms with Crippen molar-refractivity contribution in [2.45, 2.75) is 0 Å². The molecule has 3 rings (SSSR count). The van der Waals surface area contributed by atoms with E-state index in [0.29, 0.717) is 22.4 Å². The fraction of sp³-hybridized carbons (Fsp3) is 0.100. The maximum Gasteiger partial charge on any atom is 0.337 e. The number of nitrogens with one attached hydrogen (secondary N) is 1. The first-order chi connectivity index (χ1) is 14.0. The van der Waals surface area contributed by atoms with Crippen LogP contribution in [-0.4, -0.2) is 35.0 Å². The number of halogens is 1. The first-order valence-electron chi connectivity index (χ1n) is 8.42. The Kier molecular flexibility index (Phi) is 5.91. The topological polar surface area (TPSA) is 127 Å². The minimum Gasteiger partial charge on any atom is -0.493 e. The molecule has 0 saturated carbocycles. The number of methoxy groups -OCH3 is 1. The van der Waals surface area contributed by atoms with Gasteiger partial charge in [0.1, 0.15) is 18.2 Å². The van der Waals surface area contributed by atoms with Crippen LogP contribution >= 0.6 is 0 Å². The number of pyridine rings is 1. The van der Waals surface area contributed by atoms with Gasteiger partial charge in [0, 0.05) is 22.9 Å². The normalized spacial score (nSPS) is 10.5. The molecule has 0 amide bonds. The Morgan fingerprint density at radius 3 is 2.59 bits per heavy atom. The Morgan fingerprint density at radius 1 is 1.14 bits per heavy atom. The number of aromatic nitrogens is 1. The summed E-state index contributed by atoms with van der Waals surface area (Å²) >= 11 is 0. The van der Waals surface area contributed by atoms with Gasteiger partial charge in [-0.05, 0) is 42.0 Å². The zero-order chi connectivity index (χ0) is 21.0. The molecular weight excluding hydrogens is 381 g/mol. The summed E-state index contributed by atoms with van der Waals surface area (Å²) in [7, 11) is 1.42. The summed E-state index contributed by atoms with van der Waals surface area (Å²) in [6, 6.07) is 10.6. The summed E-state index contributed by atoms with van der Waals surface area (Å²) in [5.74, 6) is -0.889. The lowest BCUT2D eigenvalue weighted by atomic mass is 10.00. The van der Waals surface area contributed by atoms with Crippen molar-refractivity contribution in [3.63, 3.8) is 0 Å². The van der Waals surface area contributed by atoms with Gasteiger partial charge in [-0.1, -0.05) is 6.07 Å². The molecule has 9 heteroatoms. The molecule has 0 aliphatic carbocycles. The standard InChI is InChI=1S/C20H18FN3O5/c1-28-17-5-2-11(7-18(17)29-19(26)10-25)12-6-15(20(22)23-9-12)14-4-3-13(24-27)8-16(14)21/h2-9,24-25,27H,10H2,1H3,(H2,22,23). The van der Waals surface area contributed by atoms with Crippen LogP contribution < -0.4 is 20.7 Å². The van der Waals surface area contributed by atoms with Crippen molar-refractivity contribution in [1.29, 1.82) is 0 Å². The van der Waals surface area contributed by atoms with Crippen LogP contribution in [0.1, 0.15) is 0 Å². The molecule has 0 saturated heterocycles. The van der Waals surface area contributed by atoms with E-state index >= 15 is 0 Å². The van der Waals surface area contributed by atoms with E-state index in [9.17, 15) is 9.18 Å². The largest absolute Gasteiger partial charge is 0.493 e. The lowest BCUT2D eigenvalue weighted by Crippen LogP contribution is -2.12. The van der Waals surface area contributed by atoms with E-state index < -0.39 is 18.4 Å². The second-order valence-electron chi connectivity index (χ2n) is 5.96. The van der Waals surface area contributed by atoms with Crippen LogP contribution in [0.25, 0.3) is 22.3 Å². The number of hydrogen-bond donors (Lipinski definition) is 4. The Morgan fingerprint density at radius 2 is 1.93 bits per heavy atom. The zero-order valence-corrected chi connectivity index (χ0v) is 15.3. The third-order valence-electron chi connectivity index (χ3n) is 4.16. The number of anilines is 2. The molecule has 1 heterocycles. The number of hydrogen-bond acceptors (Lipinski definition) is 8. The fourth-order valence-corrected chi connectivity index (χ4v) is 2.74. The predicted molar refractivity (Wildman–Crippen MR) is 104 cm³/mol. The molecule has 29 heavy (non-hydrogen) atoms. The van der Waals surface area contributed by atoms with Gasteiger partial charge in [0.15, 0.2) is 11.5 Å². The molecule has 5 N–H and O–H groups in total. The van der Waals surface area contributed by atoms with Gasteiger partial charge in [0.25, 0.3) is 0 Å². The van der Waals surface area contributed by atoms with E-state index in [1.54, 1.807) is 24.3 Å². The van der Waals surface area contributed by atoms with Crippen molar-refractivity contribution < 1.29 is 29.0 Å². The molecule has 8 nitrogen and oxygen atoms in total. The predicted octanol–water partition coefficient (Wildman–Crippen LogP) is 2.84. The smallest absolute Gasteiger partial charge is 0.337 e. The molecule has 150 valence electrons. The monoisotopic (exact) mass is 399 g/mol. The van der Waals surface area contributed by atoms with Crippen LogP contribution in [0.2, 0.25) is 0 Å². The van der Waals surface area contributed by atoms with Crippen molar-refractivity contribution in [2.75, 3.05) is 24.9 Å². The van der Waals surface area contributed by atoms with Crippen LogP contribution in [0.4, 0.5) is 15.9 Å². The average Bonchev–Trinajstić information content (AvgIpc) is 2.74. The zero-order valence-electron chi connectivity index (χ0n) is 15.3. The maximum atomic E-state index is 14.5. The fourth-order valence-electron chi connectivity index (χ4n) is 2.74. The summed E-state index contributed by atoms with van der Waals surface area (Å²) in [4.78, 5) is 15.6. The number of esters is 1. The van der Waals surface area contributed by atoms with E-state index in [1.807, 2.05) is 5.48 Å². The molecule has 0 aliphatic rings. The Bertz CT molecular complexity index is 1060. The molecule has 0 aliphatic heterocycles. The van der Waals surface area contributed by atoms with Crippen LogP contribution in [0, 0.1) is 5.82 Å². The molecule has 0 fully saturated rings. The SMILES string of the molecule is COc1ccc(-c2cnc(N)c(-c3ccc(NO)cc3F)c2)cc1OC(=O)CO. The minimum atomic E-state index is -0.837. The number of aliphatic hydroxyl groups is 1. The van der Waals surface area contributed by atoms with Crippen LogP contribution in [0.3, 0.4) is 0 Å².